The summed E-state index contributed by atoms with van der Waals surface area (Å²) in [5.41, 5.74) is 0.914. The minimum atomic E-state index is -0.492. The van der Waals surface area contributed by atoms with Crippen LogP contribution in [0, 0.1) is 0 Å². The fourth-order valence-corrected chi connectivity index (χ4v) is 1.93. The van der Waals surface area contributed by atoms with E-state index in [2.05, 4.69) is 13.2 Å². The molecule has 124 valence electrons. The first-order chi connectivity index (χ1) is 11.2. The Hall–Kier alpha value is -2.04. The number of carbonyl (C=O) groups excluding carboxylic acids is 2. The maximum Gasteiger partial charge on any atom is 0.183 e. The van der Waals surface area contributed by atoms with Gasteiger partial charge in [-0.1, -0.05) is 43.5 Å². The van der Waals surface area contributed by atoms with Gasteiger partial charge in [-0.25, -0.2) is 0 Å². The Labute approximate surface area is 137 Å². The lowest BCUT2D eigenvalue weighted by Gasteiger charge is -2.19. The number of hydrogen-bond donors (Lipinski definition) is 0. The largest absolute Gasteiger partial charge is 0.348 e. The van der Waals surface area contributed by atoms with E-state index in [-0.39, 0.29) is 11.6 Å². The maximum atomic E-state index is 11.2. The molecule has 0 saturated carbocycles. The number of hydrogen-bond acceptors (Lipinski definition) is 4. The van der Waals surface area contributed by atoms with Crippen LogP contribution in [0.2, 0.25) is 0 Å². The minimum Gasteiger partial charge on any atom is -0.348 e. The molecule has 0 aromatic heterocycles. The Morgan fingerprint density at radius 2 is 1.39 bits per heavy atom. The summed E-state index contributed by atoms with van der Waals surface area (Å²) in [5, 5.41) is 0. The van der Waals surface area contributed by atoms with Gasteiger partial charge >= 0.3 is 0 Å². The zero-order valence-corrected chi connectivity index (χ0v) is 13.4. The number of allylic oxidation sites excluding steroid dienone is 2. The van der Waals surface area contributed by atoms with Crippen LogP contribution in [0.25, 0.3) is 0 Å². The lowest BCUT2D eigenvalue weighted by Crippen LogP contribution is -2.12. The van der Waals surface area contributed by atoms with E-state index in [1.165, 1.54) is 12.2 Å². The fourth-order valence-electron chi connectivity index (χ4n) is 1.93. The van der Waals surface area contributed by atoms with E-state index >= 15 is 0 Å². The molecule has 0 bridgehead atoms. The molecule has 0 aliphatic heterocycles. The molecule has 0 saturated heterocycles. The topological polar surface area (TPSA) is 52.6 Å². The highest BCUT2D eigenvalue weighted by atomic mass is 16.7. The molecule has 0 unspecified atom stereocenters. The Morgan fingerprint density at radius 3 is 1.83 bits per heavy atom. The van der Waals surface area contributed by atoms with Gasteiger partial charge in [-0.3, -0.25) is 9.59 Å². The van der Waals surface area contributed by atoms with Crippen LogP contribution in [0.3, 0.4) is 0 Å². The molecule has 4 heteroatoms. The Kier molecular flexibility index (Phi) is 9.52. The van der Waals surface area contributed by atoms with Crippen molar-refractivity contribution in [3.05, 3.63) is 61.2 Å². The van der Waals surface area contributed by atoms with Gasteiger partial charge in [-0.05, 0) is 25.0 Å². The van der Waals surface area contributed by atoms with Gasteiger partial charge in [0.25, 0.3) is 0 Å². The number of rotatable bonds is 13. The second-order valence-electron chi connectivity index (χ2n) is 5.03. The average molecular weight is 316 g/mol. The molecule has 1 aromatic carbocycles. The van der Waals surface area contributed by atoms with Gasteiger partial charge in [0.15, 0.2) is 17.9 Å². The lowest BCUT2D eigenvalue weighted by molar-refractivity contribution is -0.149. The summed E-state index contributed by atoms with van der Waals surface area (Å²) in [6, 6.07) is 9.60. The van der Waals surface area contributed by atoms with E-state index in [9.17, 15) is 9.59 Å². The van der Waals surface area contributed by atoms with Gasteiger partial charge in [0, 0.05) is 18.4 Å². The highest BCUT2D eigenvalue weighted by Gasteiger charge is 2.12. The van der Waals surface area contributed by atoms with Crippen molar-refractivity contribution in [2.75, 3.05) is 13.2 Å². The predicted molar refractivity (Wildman–Crippen MR) is 90.0 cm³/mol. The number of ketones is 2. The molecule has 0 fully saturated rings. The minimum absolute atomic E-state index is 0.00807. The first-order valence-electron chi connectivity index (χ1n) is 7.76. The zero-order chi connectivity index (χ0) is 16.9. The van der Waals surface area contributed by atoms with Crippen molar-refractivity contribution in [3.8, 4) is 0 Å². The van der Waals surface area contributed by atoms with Crippen molar-refractivity contribution in [3.63, 3.8) is 0 Å². The van der Waals surface area contributed by atoms with E-state index in [4.69, 9.17) is 9.47 Å². The van der Waals surface area contributed by atoms with Crippen LogP contribution < -0.4 is 0 Å². The van der Waals surface area contributed by atoms with Crippen LogP contribution in [-0.4, -0.2) is 24.8 Å². The molecular formula is C19H24O4. The van der Waals surface area contributed by atoms with E-state index in [0.29, 0.717) is 38.9 Å². The van der Waals surface area contributed by atoms with Gasteiger partial charge in [-0.15, -0.1) is 0 Å². The quantitative estimate of drug-likeness (QED) is 0.316. The molecule has 1 aromatic rings. The van der Waals surface area contributed by atoms with E-state index in [1.54, 1.807) is 0 Å². The molecule has 23 heavy (non-hydrogen) atoms. The van der Waals surface area contributed by atoms with E-state index in [1.807, 2.05) is 30.3 Å². The number of ether oxygens (including phenoxy) is 2. The maximum absolute atomic E-state index is 11.2. The van der Waals surface area contributed by atoms with Crippen molar-refractivity contribution < 1.29 is 19.1 Å². The summed E-state index contributed by atoms with van der Waals surface area (Å²) in [6.45, 7) is 7.73. The average Bonchev–Trinajstić information content (AvgIpc) is 2.60. The zero-order valence-electron chi connectivity index (χ0n) is 13.4. The standard InChI is InChI=1S/C19H24O4/c1-3-17(20)12-8-14-22-19(16-10-6-5-7-11-16)23-15-9-13-18(21)4-2/h3-7,10-11,19H,1-2,8-9,12-15H2. The van der Waals surface area contributed by atoms with Crippen LogP contribution in [0.1, 0.15) is 37.5 Å². The first-order valence-corrected chi connectivity index (χ1v) is 7.76. The third-order valence-electron chi connectivity index (χ3n) is 3.20. The Balaban J connectivity index is 2.43. The molecule has 0 heterocycles. The molecule has 0 aliphatic carbocycles. The first kappa shape index (κ1) is 19.0. The van der Waals surface area contributed by atoms with Crippen molar-refractivity contribution >= 4 is 11.6 Å². The van der Waals surface area contributed by atoms with Gasteiger partial charge in [0.2, 0.25) is 0 Å². The third kappa shape index (κ3) is 8.24. The molecule has 0 N–H and O–H groups in total. The van der Waals surface area contributed by atoms with Crippen LogP contribution in [-0.2, 0) is 19.1 Å². The van der Waals surface area contributed by atoms with Crippen molar-refractivity contribution in [2.45, 2.75) is 32.0 Å². The molecule has 0 aliphatic rings. The second kappa shape index (κ2) is 11.5. The molecule has 0 amide bonds. The van der Waals surface area contributed by atoms with Crippen molar-refractivity contribution in [2.24, 2.45) is 0 Å². The summed E-state index contributed by atoms with van der Waals surface area (Å²) in [4.78, 5) is 22.4. The number of carbonyl (C=O) groups is 2. The summed E-state index contributed by atoms with van der Waals surface area (Å²) in [7, 11) is 0. The molecule has 4 nitrogen and oxygen atoms in total. The van der Waals surface area contributed by atoms with E-state index in [0.717, 1.165) is 5.56 Å². The Bertz CT molecular complexity index is 479. The highest BCUT2D eigenvalue weighted by Crippen LogP contribution is 2.19. The van der Waals surface area contributed by atoms with Gasteiger partial charge in [-0.2, -0.15) is 0 Å². The van der Waals surface area contributed by atoms with Crippen molar-refractivity contribution in [1.29, 1.82) is 0 Å². The molecular weight excluding hydrogens is 292 g/mol. The summed E-state index contributed by atoms with van der Waals surface area (Å²) >= 11 is 0. The smallest absolute Gasteiger partial charge is 0.183 e. The SMILES string of the molecule is C=CC(=O)CCCOC(OCCCC(=O)C=C)c1ccccc1. The monoisotopic (exact) mass is 316 g/mol. The molecule has 1 rings (SSSR count). The molecule has 0 radical (unpaired) electrons. The normalized spacial score (nSPS) is 10.5. The summed E-state index contributed by atoms with van der Waals surface area (Å²) in [5.74, 6) is 0.0161. The van der Waals surface area contributed by atoms with E-state index < -0.39 is 6.29 Å². The molecule has 0 atom stereocenters. The van der Waals surface area contributed by atoms with Crippen LogP contribution >= 0.6 is 0 Å². The van der Waals surface area contributed by atoms with Gasteiger partial charge in [0.1, 0.15) is 0 Å². The highest BCUT2D eigenvalue weighted by molar-refractivity contribution is 5.89. The van der Waals surface area contributed by atoms with Gasteiger partial charge < -0.3 is 9.47 Å². The number of benzene rings is 1. The van der Waals surface area contributed by atoms with Crippen LogP contribution in [0.5, 0.6) is 0 Å². The molecule has 0 spiro atoms. The third-order valence-corrected chi connectivity index (χ3v) is 3.20. The summed E-state index contributed by atoms with van der Waals surface area (Å²) < 4.78 is 11.5. The van der Waals surface area contributed by atoms with Crippen molar-refractivity contribution in [1.82, 2.24) is 0 Å². The van der Waals surface area contributed by atoms with Crippen LogP contribution in [0.15, 0.2) is 55.6 Å². The predicted octanol–water partition coefficient (Wildman–Crippen LogP) is 3.79. The summed E-state index contributed by atoms with van der Waals surface area (Å²) in [6.07, 6.45) is 4.22. The second-order valence-corrected chi connectivity index (χ2v) is 5.03. The lowest BCUT2D eigenvalue weighted by atomic mass is 10.2. The van der Waals surface area contributed by atoms with Gasteiger partial charge in [0.05, 0.1) is 13.2 Å². The fraction of sp³-hybridized carbons (Fsp3) is 0.368. The Morgan fingerprint density at radius 1 is 0.913 bits per heavy atom. The van der Waals surface area contributed by atoms with Crippen LogP contribution in [0.4, 0.5) is 0 Å².